The molecule has 0 bridgehead atoms. The van der Waals surface area contributed by atoms with Crippen LogP contribution in [0.2, 0.25) is 5.02 Å². The molecule has 0 aromatic heterocycles. The van der Waals surface area contributed by atoms with Crippen molar-refractivity contribution >= 4 is 17.4 Å². The number of hydrogen-bond donors (Lipinski definition) is 0. The molecule has 15 heavy (non-hydrogen) atoms. The maximum Gasteiger partial charge on any atom is 0.165 e. The van der Waals surface area contributed by atoms with Gasteiger partial charge < -0.3 is 0 Å². The molecule has 0 saturated carbocycles. The van der Waals surface area contributed by atoms with Crippen molar-refractivity contribution < 1.29 is 9.18 Å². The predicted molar refractivity (Wildman–Crippen MR) is 60.1 cm³/mol. The SMILES string of the molecule is CCC(=O)c1cc(C(C)C)c(Cl)cc1F. The first kappa shape index (κ1) is 12.2. The molecule has 0 unspecified atom stereocenters. The normalized spacial score (nSPS) is 10.8. The fourth-order valence-electron chi connectivity index (χ4n) is 1.41. The smallest absolute Gasteiger partial charge is 0.165 e. The van der Waals surface area contributed by atoms with Crippen LogP contribution in [0.15, 0.2) is 12.1 Å². The highest BCUT2D eigenvalue weighted by Crippen LogP contribution is 2.27. The molecule has 1 aromatic carbocycles. The van der Waals surface area contributed by atoms with E-state index < -0.39 is 5.82 Å². The van der Waals surface area contributed by atoms with Crippen LogP contribution in [0, 0.1) is 5.82 Å². The molecule has 0 fully saturated rings. The molecule has 0 heterocycles. The van der Waals surface area contributed by atoms with E-state index in [-0.39, 0.29) is 17.3 Å². The van der Waals surface area contributed by atoms with Crippen molar-refractivity contribution in [3.8, 4) is 0 Å². The van der Waals surface area contributed by atoms with Crippen LogP contribution in [0.3, 0.4) is 0 Å². The quantitative estimate of drug-likeness (QED) is 0.709. The summed E-state index contributed by atoms with van der Waals surface area (Å²) in [7, 11) is 0. The Morgan fingerprint density at radius 1 is 1.47 bits per heavy atom. The summed E-state index contributed by atoms with van der Waals surface area (Å²) in [6.45, 7) is 5.63. The topological polar surface area (TPSA) is 17.1 Å². The van der Waals surface area contributed by atoms with E-state index in [9.17, 15) is 9.18 Å². The number of benzene rings is 1. The highest BCUT2D eigenvalue weighted by Gasteiger charge is 2.15. The minimum Gasteiger partial charge on any atom is -0.294 e. The minimum atomic E-state index is -0.531. The van der Waals surface area contributed by atoms with Gasteiger partial charge in [0, 0.05) is 11.4 Å². The van der Waals surface area contributed by atoms with Crippen molar-refractivity contribution in [3.63, 3.8) is 0 Å². The molecule has 0 aliphatic carbocycles. The van der Waals surface area contributed by atoms with Crippen LogP contribution in [0.1, 0.15) is 49.0 Å². The summed E-state index contributed by atoms with van der Waals surface area (Å²) >= 11 is 5.89. The van der Waals surface area contributed by atoms with Crippen LogP contribution in [0.5, 0.6) is 0 Å². The van der Waals surface area contributed by atoms with Crippen LogP contribution in [-0.2, 0) is 0 Å². The third kappa shape index (κ3) is 2.57. The lowest BCUT2D eigenvalue weighted by Crippen LogP contribution is -2.03. The molecule has 0 amide bonds. The number of Topliss-reactive ketones (excluding diaryl/α,β-unsaturated/α-hetero) is 1. The monoisotopic (exact) mass is 228 g/mol. The van der Waals surface area contributed by atoms with Crippen molar-refractivity contribution in [2.24, 2.45) is 0 Å². The van der Waals surface area contributed by atoms with Gasteiger partial charge >= 0.3 is 0 Å². The van der Waals surface area contributed by atoms with Crippen molar-refractivity contribution in [3.05, 3.63) is 34.1 Å². The summed E-state index contributed by atoms with van der Waals surface area (Å²) in [5, 5.41) is 0.384. The molecule has 1 aromatic rings. The van der Waals surface area contributed by atoms with E-state index in [1.54, 1.807) is 13.0 Å². The summed E-state index contributed by atoms with van der Waals surface area (Å²) < 4.78 is 13.4. The van der Waals surface area contributed by atoms with Crippen LogP contribution < -0.4 is 0 Å². The number of ketones is 1. The van der Waals surface area contributed by atoms with Crippen LogP contribution in [0.25, 0.3) is 0 Å². The summed E-state index contributed by atoms with van der Waals surface area (Å²) in [4.78, 5) is 11.4. The lowest BCUT2D eigenvalue weighted by Gasteiger charge is -2.10. The maximum absolute atomic E-state index is 13.4. The van der Waals surface area contributed by atoms with E-state index in [1.165, 1.54) is 6.07 Å². The van der Waals surface area contributed by atoms with E-state index in [0.29, 0.717) is 11.4 Å². The second-order valence-corrected chi connectivity index (χ2v) is 4.19. The average Bonchev–Trinajstić information content (AvgIpc) is 2.16. The molecule has 0 spiro atoms. The molecule has 0 aliphatic heterocycles. The number of halogens is 2. The molecule has 0 atom stereocenters. The Bertz CT molecular complexity index is 385. The maximum atomic E-state index is 13.4. The van der Waals surface area contributed by atoms with Crippen LogP contribution in [-0.4, -0.2) is 5.78 Å². The average molecular weight is 229 g/mol. The van der Waals surface area contributed by atoms with E-state index >= 15 is 0 Å². The molecular weight excluding hydrogens is 215 g/mol. The van der Waals surface area contributed by atoms with Gasteiger partial charge in [0.15, 0.2) is 5.78 Å². The van der Waals surface area contributed by atoms with E-state index in [1.807, 2.05) is 13.8 Å². The first-order valence-electron chi connectivity index (χ1n) is 4.99. The number of carbonyl (C=O) groups is 1. The lowest BCUT2D eigenvalue weighted by molar-refractivity contribution is 0.0984. The molecule has 0 radical (unpaired) electrons. The van der Waals surface area contributed by atoms with Crippen molar-refractivity contribution in [2.45, 2.75) is 33.1 Å². The first-order valence-corrected chi connectivity index (χ1v) is 5.37. The van der Waals surface area contributed by atoms with Gasteiger partial charge in [-0.15, -0.1) is 0 Å². The van der Waals surface area contributed by atoms with Gasteiger partial charge in [0.2, 0.25) is 0 Å². The Balaban J connectivity index is 3.29. The highest BCUT2D eigenvalue weighted by atomic mass is 35.5. The largest absolute Gasteiger partial charge is 0.294 e. The number of rotatable bonds is 3. The zero-order valence-electron chi connectivity index (χ0n) is 9.10. The summed E-state index contributed by atoms with van der Waals surface area (Å²) in [5.41, 5.74) is 0.959. The van der Waals surface area contributed by atoms with Gasteiger partial charge in [-0.1, -0.05) is 32.4 Å². The van der Waals surface area contributed by atoms with Gasteiger partial charge in [0.25, 0.3) is 0 Å². The summed E-state index contributed by atoms with van der Waals surface area (Å²) in [6.07, 6.45) is 0.302. The number of carbonyl (C=O) groups excluding carboxylic acids is 1. The number of hydrogen-bond acceptors (Lipinski definition) is 1. The molecule has 1 nitrogen and oxygen atoms in total. The third-order valence-electron chi connectivity index (χ3n) is 2.33. The standard InChI is InChI=1S/C12H14ClFO/c1-4-12(15)9-5-8(7(2)3)10(13)6-11(9)14/h5-7H,4H2,1-3H3. The fourth-order valence-corrected chi connectivity index (χ4v) is 1.78. The van der Waals surface area contributed by atoms with E-state index in [0.717, 1.165) is 5.56 Å². The molecule has 3 heteroatoms. The van der Waals surface area contributed by atoms with Gasteiger partial charge in [-0.2, -0.15) is 0 Å². The van der Waals surface area contributed by atoms with E-state index in [4.69, 9.17) is 11.6 Å². The van der Waals surface area contributed by atoms with Gasteiger partial charge in [-0.05, 0) is 23.6 Å². The second kappa shape index (κ2) is 4.75. The molecule has 0 N–H and O–H groups in total. The summed E-state index contributed by atoms with van der Waals surface area (Å²) in [6, 6.07) is 2.79. The Morgan fingerprint density at radius 2 is 2.07 bits per heavy atom. The first-order chi connectivity index (χ1) is 6.97. The Labute approximate surface area is 94.3 Å². The fraction of sp³-hybridized carbons (Fsp3) is 0.417. The van der Waals surface area contributed by atoms with Gasteiger partial charge in [-0.3, -0.25) is 4.79 Å². The highest BCUT2D eigenvalue weighted by molar-refractivity contribution is 6.31. The van der Waals surface area contributed by atoms with Crippen molar-refractivity contribution in [1.82, 2.24) is 0 Å². The second-order valence-electron chi connectivity index (χ2n) is 3.78. The molecule has 82 valence electrons. The van der Waals surface area contributed by atoms with Crippen LogP contribution in [0.4, 0.5) is 4.39 Å². The van der Waals surface area contributed by atoms with E-state index in [2.05, 4.69) is 0 Å². The van der Waals surface area contributed by atoms with Crippen molar-refractivity contribution in [1.29, 1.82) is 0 Å². The van der Waals surface area contributed by atoms with Crippen LogP contribution >= 0.6 is 11.6 Å². The zero-order chi connectivity index (χ0) is 11.6. The van der Waals surface area contributed by atoms with Gasteiger partial charge in [0.05, 0.1) is 5.56 Å². The predicted octanol–water partition coefficient (Wildman–Crippen LogP) is 4.20. The minimum absolute atomic E-state index is 0.144. The zero-order valence-corrected chi connectivity index (χ0v) is 9.86. The van der Waals surface area contributed by atoms with Crippen molar-refractivity contribution in [2.75, 3.05) is 0 Å². The third-order valence-corrected chi connectivity index (χ3v) is 2.66. The lowest BCUT2D eigenvalue weighted by atomic mass is 9.98. The summed E-state index contributed by atoms with van der Waals surface area (Å²) in [5.74, 6) is -0.538. The molecular formula is C12H14ClFO. The molecule has 0 saturated heterocycles. The Morgan fingerprint density at radius 3 is 2.53 bits per heavy atom. The molecule has 0 aliphatic rings. The Kier molecular flexibility index (Phi) is 3.86. The molecule has 1 rings (SSSR count). The Hall–Kier alpha value is -0.890. The van der Waals surface area contributed by atoms with Gasteiger partial charge in [-0.25, -0.2) is 4.39 Å². The van der Waals surface area contributed by atoms with Gasteiger partial charge in [0.1, 0.15) is 5.82 Å².